The molecule has 66 valence electrons. The summed E-state index contributed by atoms with van der Waals surface area (Å²) in [6.07, 6.45) is 8.00. The Hall–Kier alpha value is -0.0462. The van der Waals surface area contributed by atoms with Gasteiger partial charge in [-0.2, -0.15) is 0 Å². The van der Waals surface area contributed by atoms with E-state index in [-0.39, 0.29) is 0 Å². The van der Waals surface area contributed by atoms with Crippen molar-refractivity contribution in [3.8, 4) is 12.8 Å². The van der Waals surface area contributed by atoms with Crippen LogP contribution in [0.25, 0.3) is 0 Å². The van der Waals surface area contributed by atoms with Crippen LogP contribution in [-0.2, 0) is 0 Å². The summed E-state index contributed by atoms with van der Waals surface area (Å²) in [7, 11) is -1.96. The molecule has 3 heteroatoms. The molecule has 0 aliphatic heterocycles. The van der Waals surface area contributed by atoms with Gasteiger partial charge in [-0.05, 0) is 0 Å². The molecule has 0 aliphatic rings. The van der Waals surface area contributed by atoms with Gasteiger partial charge < -0.3 is 4.65 Å². The van der Waals surface area contributed by atoms with Crippen molar-refractivity contribution in [2.45, 2.75) is 39.3 Å². The minimum Gasteiger partial charge on any atom is -0.360 e. The van der Waals surface area contributed by atoms with Gasteiger partial charge in [-0.15, -0.1) is 12.8 Å². The number of hydrogen-bond acceptors (Lipinski definition) is 1. The Kier molecular flexibility index (Phi) is 5.85. The van der Waals surface area contributed by atoms with Gasteiger partial charge in [0.25, 0.3) is 0 Å². The van der Waals surface area contributed by atoms with Crippen LogP contribution in [0.5, 0.6) is 0 Å². The molecule has 0 saturated carbocycles. The van der Waals surface area contributed by atoms with Crippen LogP contribution >= 0.6 is 0 Å². The molecule has 0 unspecified atom stereocenters. The van der Waals surface area contributed by atoms with E-state index in [1.165, 1.54) is 0 Å². The molecule has 0 heterocycles. The summed E-state index contributed by atoms with van der Waals surface area (Å²) in [5.41, 5.74) is 0. The number of terminal acetylenes is 1. The van der Waals surface area contributed by atoms with Crippen LogP contribution in [0.1, 0.15) is 0 Å². The molecule has 0 amide bonds. The maximum atomic E-state index is 4.00. The second-order valence-electron chi connectivity index (χ2n) is 4.62. The summed E-state index contributed by atoms with van der Waals surface area (Å²) in [5.74, 6) is 0. The van der Waals surface area contributed by atoms with Crippen molar-refractivity contribution < 1.29 is 0 Å². The summed E-state index contributed by atoms with van der Waals surface area (Å²) in [6.45, 7) is 14.1. The van der Waals surface area contributed by atoms with Crippen LogP contribution in [0.15, 0.2) is 0 Å². The lowest BCUT2D eigenvalue weighted by Gasteiger charge is -2.28. The van der Waals surface area contributed by atoms with Crippen molar-refractivity contribution >= 4 is 16.5 Å². The first kappa shape index (κ1) is 13.5. The standard InChI is InChI=1S/C6H19NSi2.C2H2/c1-8(2,3)7-9(4,5)6;1-2/h7H,1-6H3;1-2H. The molecule has 0 saturated heterocycles. The third-order valence-electron chi connectivity index (χ3n) is 0.750. The van der Waals surface area contributed by atoms with Gasteiger partial charge in [-0.3, -0.25) is 0 Å². The smallest absolute Gasteiger partial charge is 0.109 e. The highest BCUT2D eigenvalue weighted by atomic mass is 28.4. The monoisotopic (exact) mass is 187 g/mol. The molecule has 0 radical (unpaired) electrons. The summed E-state index contributed by atoms with van der Waals surface area (Å²) >= 11 is 0. The Morgan fingerprint density at radius 3 is 0.909 bits per heavy atom. The third kappa shape index (κ3) is 17.8. The van der Waals surface area contributed by atoms with E-state index in [1.54, 1.807) is 0 Å². The van der Waals surface area contributed by atoms with Crippen molar-refractivity contribution in [1.82, 2.24) is 4.65 Å². The predicted molar refractivity (Wildman–Crippen MR) is 59.7 cm³/mol. The molecular formula is C8H21NSi2. The molecule has 0 spiro atoms. The van der Waals surface area contributed by atoms with Crippen molar-refractivity contribution in [3.05, 3.63) is 0 Å². The highest BCUT2D eigenvalue weighted by Gasteiger charge is 2.22. The zero-order valence-electron chi connectivity index (χ0n) is 8.65. The predicted octanol–water partition coefficient (Wildman–Crippen LogP) is 2.50. The Bertz CT molecular complexity index is 104. The van der Waals surface area contributed by atoms with Gasteiger partial charge in [0.2, 0.25) is 0 Å². The zero-order chi connectivity index (χ0) is 9.71. The van der Waals surface area contributed by atoms with E-state index >= 15 is 0 Å². The van der Waals surface area contributed by atoms with Crippen LogP contribution in [0, 0.1) is 12.8 Å². The summed E-state index contributed by atoms with van der Waals surface area (Å²) in [4.78, 5) is 0. The van der Waals surface area contributed by atoms with Crippen LogP contribution in [0.4, 0.5) is 0 Å². The number of nitrogens with one attached hydrogen (secondary N) is 1. The highest BCUT2D eigenvalue weighted by Crippen LogP contribution is 2.02. The van der Waals surface area contributed by atoms with Gasteiger partial charge in [0.05, 0.1) is 0 Å². The van der Waals surface area contributed by atoms with Gasteiger partial charge in [-0.25, -0.2) is 0 Å². The van der Waals surface area contributed by atoms with Crippen molar-refractivity contribution in [2.75, 3.05) is 0 Å². The first-order valence-electron chi connectivity index (χ1n) is 3.83. The molecule has 0 aromatic rings. The largest absolute Gasteiger partial charge is 0.360 e. The molecule has 0 rings (SSSR count). The second kappa shape index (κ2) is 4.76. The summed E-state index contributed by atoms with van der Waals surface area (Å²) < 4.78 is 3.74. The van der Waals surface area contributed by atoms with E-state index in [2.05, 4.69) is 56.8 Å². The lowest BCUT2D eigenvalue weighted by Crippen LogP contribution is -2.55. The van der Waals surface area contributed by atoms with Crippen LogP contribution < -0.4 is 4.65 Å². The SMILES string of the molecule is C#C.C[Si](C)(C)N[Si](C)(C)C. The van der Waals surface area contributed by atoms with Gasteiger partial charge in [-0.1, -0.05) is 39.3 Å². The van der Waals surface area contributed by atoms with Crippen LogP contribution in [0.3, 0.4) is 0 Å². The Morgan fingerprint density at radius 1 is 0.727 bits per heavy atom. The van der Waals surface area contributed by atoms with E-state index in [9.17, 15) is 0 Å². The maximum absolute atomic E-state index is 4.00. The number of rotatable bonds is 2. The van der Waals surface area contributed by atoms with Gasteiger partial charge >= 0.3 is 0 Å². The fourth-order valence-electron chi connectivity index (χ4n) is 1.12. The van der Waals surface area contributed by atoms with E-state index in [0.717, 1.165) is 0 Å². The highest BCUT2D eigenvalue weighted by molar-refractivity contribution is 6.90. The quantitative estimate of drug-likeness (QED) is 0.517. The van der Waals surface area contributed by atoms with Gasteiger partial charge in [0.15, 0.2) is 0 Å². The Morgan fingerprint density at radius 2 is 0.909 bits per heavy atom. The van der Waals surface area contributed by atoms with Gasteiger partial charge in [0.1, 0.15) is 16.5 Å². The molecule has 0 fully saturated rings. The molecule has 0 aromatic carbocycles. The minimum atomic E-state index is -0.981. The van der Waals surface area contributed by atoms with Crippen molar-refractivity contribution in [2.24, 2.45) is 0 Å². The maximum Gasteiger partial charge on any atom is 0.109 e. The fraction of sp³-hybridized carbons (Fsp3) is 0.750. The Labute approximate surface area is 73.8 Å². The molecule has 11 heavy (non-hydrogen) atoms. The van der Waals surface area contributed by atoms with E-state index in [0.29, 0.717) is 0 Å². The third-order valence-corrected chi connectivity index (χ3v) is 6.75. The fourth-order valence-corrected chi connectivity index (χ4v) is 10.1. The molecule has 0 bridgehead atoms. The van der Waals surface area contributed by atoms with Gasteiger partial charge in [0, 0.05) is 0 Å². The van der Waals surface area contributed by atoms with E-state index < -0.39 is 16.5 Å². The summed E-state index contributed by atoms with van der Waals surface area (Å²) in [6, 6.07) is 0. The average molecular weight is 187 g/mol. The average Bonchev–Trinajstić information content (AvgIpc) is 1.60. The molecule has 1 nitrogen and oxygen atoms in total. The van der Waals surface area contributed by atoms with E-state index in [4.69, 9.17) is 0 Å². The molecule has 0 aromatic heterocycles. The molecule has 0 aliphatic carbocycles. The first-order chi connectivity index (χ1) is 4.71. The van der Waals surface area contributed by atoms with Crippen molar-refractivity contribution in [3.63, 3.8) is 0 Å². The zero-order valence-corrected chi connectivity index (χ0v) is 10.7. The lowest BCUT2D eigenvalue weighted by atomic mass is 11.4. The summed E-state index contributed by atoms with van der Waals surface area (Å²) in [5, 5.41) is 0. The molecule has 0 atom stereocenters. The lowest BCUT2D eigenvalue weighted by molar-refractivity contribution is 1.30. The van der Waals surface area contributed by atoms with Crippen LogP contribution in [0.2, 0.25) is 39.3 Å². The number of hydrogen-bond donors (Lipinski definition) is 1. The first-order valence-corrected chi connectivity index (χ1v) is 10.8. The molecular weight excluding hydrogens is 166 g/mol. The normalized spacial score (nSPS) is 11.6. The van der Waals surface area contributed by atoms with Crippen LogP contribution in [-0.4, -0.2) is 16.5 Å². The topological polar surface area (TPSA) is 12.0 Å². The van der Waals surface area contributed by atoms with Crippen molar-refractivity contribution in [1.29, 1.82) is 0 Å². The molecule has 1 N–H and O–H groups in total. The minimum absolute atomic E-state index is 0.981. The van der Waals surface area contributed by atoms with E-state index in [1.807, 2.05) is 0 Å². The second-order valence-corrected chi connectivity index (χ2v) is 14.6. The Balaban J connectivity index is 0.